The number of carbonyl (C=O) groups is 1. The van der Waals surface area contributed by atoms with Crippen LogP contribution in [0.1, 0.15) is 30.5 Å². The molecule has 0 spiro atoms. The van der Waals surface area contributed by atoms with E-state index in [-0.39, 0.29) is 5.91 Å². The third-order valence-corrected chi connectivity index (χ3v) is 4.95. The summed E-state index contributed by atoms with van der Waals surface area (Å²) in [5.41, 5.74) is 2.35. The minimum atomic E-state index is -0.649. The van der Waals surface area contributed by atoms with Gasteiger partial charge in [0.2, 0.25) is 5.91 Å². The number of hydrogen-bond donors (Lipinski definition) is 0. The SMILES string of the molecule is COc1cc(C)c(CN(C)C(=O)C(C)(C)c2ccc(Cl)cc2)cc1OC. The number of rotatable bonds is 6. The normalized spacial score (nSPS) is 11.2. The molecular weight excluding hydrogens is 350 g/mol. The van der Waals surface area contributed by atoms with E-state index < -0.39 is 5.41 Å². The second kappa shape index (κ2) is 8.00. The number of ether oxygens (including phenoxy) is 2. The van der Waals surface area contributed by atoms with Crippen molar-refractivity contribution < 1.29 is 14.3 Å². The summed E-state index contributed by atoms with van der Waals surface area (Å²) in [7, 11) is 5.03. The number of aryl methyl sites for hydroxylation is 1. The number of likely N-dealkylation sites (N-methyl/N-ethyl adjacent to an activating group) is 1. The van der Waals surface area contributed by atoms with Gasteiger partial charge in [-0.15, -0.1) is 0 Å². The Balaban J connectivity index is 2.25. The summed E-state index contributed by atoms with van der Waals surface area (Å²) >= 11 is 5.96. The lowest BCUT2D eigenvalue weighted by Gasteiger charge is -2.30. The second-order valence-electron chi connectivity index (χ2n) is 6.93. The maximum atomic E-state index is 13.1. The Hall–Kier alpha value is -2.20. The maximum Gasteiger partial charge on any atom is 0.232 e. The molecule has 5 heteroatoms. The molecule has 2 aromatic rings. The second-order valence-corrected chi connectivity index (χ2v) is 7.36. The van der Waals surface area contributed by atoms with E-state index in [0.717, 1.165) is 16.7 Å². The van der Waals surface area contributed by atoms with Crippen molar-refractivity contribution in [1.29, 1.82) is 0 Å². The molecule has 0 aliphatic rings. The van der Waals surface area contributed by atoms with E-state index in [4.69, 9.17) is 21.1 Å². The first-order valence-electron chi connectivity index (χ1n) is 8.43. The Morgan fingerprint density at radius 3 is 2.15 bits per heavy atom. The summed E-state index contributed by atoms with van der Waals surface area (Å²) in [6, 6.07) is 11.3. The van der Waals surface area contributed by atoms with Crippen LogP contribution >= 0.6 is 11.6 Å². The number of nitrogens with zero attached hydrogens (tertiary/aromatic N) is 1. The number of hydrogen-bond acceptors (Lipinski definition) is 3. The highest BCUT2D eigenvalue weighted by Gasteiger charge is 2.32. The van der Waals surface area contributed by atoms with Crippen molar-refractivity contribution in [1.82, 2.24) is 4.90 Å². The van der Waals surface area contributed by atoms with E-state index in [2.05, 4.69) is 0 Å². The number of halogens is 1. The van der Waals surface area contributed by atoms with E-state index in [1.807, 2.05) is 64.2 Å². The number of amides is 1. The van der Waals surface area contributed by atoms with Gasteiger partial charge in [-0.2, -0.15) is 0 Å². The molecule has 0 unspecified atom stereocenters. The molecule has 0 aromatic heterocycles. The van der Waals surface area contributed by atoms with Crippen molar-refractivity contribution in [2.24, 2.45) is 0 Å². The van der Waals surface area contributed by atoms with Gasteiger partial charge in [0, 0.05) is 18.6 Å². The largest absolute Gasteiger partial charge is 0.493 e. The molecule has 140 valence electrons. The molecule has 1 amide bonds. The lowest BCUT2D eigenvalue weighted by molar-refractivity contribution is -0.135. The fraction of sp³-hybridized carbons (Fsp3) is 0.381. The van der Waals surface area contributed by atoms with Crippen molar-refractivity contribution in [3.8, 4) is 11.5 Å². The summed E-state index contributed by atoms with van der Waals surface area (Å²) in [6.45, 7) is 6.34. The van der Waals surface area contributed by atoms with Gasteiger partial charge >= 0.3 is 0 Å². The van der Waals surface area contributed by atoms with Gasteiger partial charge in [0.25, 0.3) is 0 Å². The van der Waals surface area contributed by atoms with E-state index in [0.29, 0.717) is 23.1 Å². The molecule has 2 rings (SSSR count). The molecule has 0 bridgehead atoms. The van der Waals surface area contributed by atoms with Gasteiger partial charge in [0.15, 0.2) is 11.5 Å². The molecule has 0 aliphatic heterocycles. The first kappa shape index (κ1) is 20.1. The molecule has 0 radical (unpaired) electrons. The minimum Gasteiger partial charge on any atom is -0.493 e. The van der Waals surface area contributed by atoms with E-state index in [9.17, 15) is 4.79 Å². The van der Waals surface area contributed by atoms with Gasteiger partial charge in [-0.25, -0.2) is 0 Å². The van der Waals surface area contributed by atoms with Crippen LogP contribution in [0.5, 0.6) is 11.5 Å². The smallest absolute Gasteiger partial charge is 0.232 e. The first-order chi connectivity index (χ1) is 12.2. The fourth-order valence-electron chi connectivity index (χ4n) is 2.99. The molecular formula is C21H26ClNO3. The Bertz CT molecular complexity index is 785. The fourth-order valence-corrected chi connectivity index (χ4v) is 3.11. The predicted molar refractivity (Wildman–Crippen MR) is 105 cm³/mol. The van der Waals surface area contributed by atoms with Crippen LogP contribution in [0.15, 0.2) is 36.4 Å². The Kier molecular flexibility index (Phi) is 6.19. The monoisotopic (exact) mass is 375 g/mol. The summed E-state index contributed by atoms with van der Waals surface area (Å²) in [6.07, 6.45) is 0. The molecule has 26 heavy (non-hydrogen) atoms. The van der Waals surface area contributed by atoms with Crippen molar-refractivity contribution in [2.75, 3.05) is 21.3 Å². The van der Waals surface area contributed by atoms with Crippen LogP contribution in [-0.4, -0.2) is 32.1 Å². The highest BCUT2D eigenvalue weighted by molar-refractivity contribution is 6.30. The van der Waals surface area contributed by atoms with Crippen LogP contribution in [-0.2, 0) is 16.8 Å². The lowest BCUT2D eigenvalue weighted by atomic mass is 9.83. The summed E-state index contributed by atoms with van der Waals surface area (Å²) in [4.78, 5) is 14.8. The van der Waals surface area contributed by atoms with Crippen molar-refractivity contribution in [2.45, 2.75) is 32.7 Å². The number of methoxy groups -OCH3 is 2. The van der Waals surface area contributed by atoms with Gasteiger partial charge in [0.1, 0.15) is 0 Å². The molecule has 0 fully saturated rings. The molecule has 4 nitrogen and oxygen atoms in total. The van der Waals surface area contributed by atoms with Crippen LogP contribution in [0.4, 0.5) is 0 Å². The van der Waals surface area contributed by atoms with Crippen molar-refractivity contribution in [3.05, 3.63) is 58.1 Å². The zero-order valence-electron chi connectivity index (χ0n) is 16.2. The van der Waals surface area contributed by atoms with Gasteiger partial charge in [-0.05, 0) is 61.7 Å². The zero-order valence-corrected chi connectivity index (χ0v) is 17.0. The average molecular weight is 376 g/mol. The summed E-state index contributed by atoms with van der Waals surface area (Å²) in [5, 5.41) is 0.659. The summed E-state index contributed by atoms with van der Waals surface area (Å²) < 4.78 is 10.7. The van der Waals surface area contributed by atoms with E-state index >= 15 is 0 Å². The van der Waals surface area contributed by atoms with Crippen LogP contribution in [0.3, 0.4) is 0 Å². The Morgan fingerprint density at radius 2 is 1.62 bits per heavy atom. The molecule has 0 heterocycles. The van der Waals surface area contributed by atoms with Crippen LogP contribution in [0, 0.1) is 6.92 Å². The van der Waals surface area contributed by atoms with Gasteiger partial charge in [0.05, 0.1) is 19.6 Å². The third-order valence-electron chi connectivity index (χ3n) is 4.70. The van der Waals surface area contributed by atoms with E-state index in [1.54, 1.807) is 19.1 Å². The van der Waals surface area contributed by atoms with Crippen LogP contribution in [0.2, 0.25) is 5.02 Å². The quantitative estimate of drug-likeness (QED) is 0.740. The highest BCUT2D eigenvalue weighted by Crippen LogP contribution is 2.32. The van der Waals surface area contributed by atoms with Crippen molar-refractivity contribution >= 4 is 17.5 Å². The minimum absolute atomic E-state index is 0.0361. The molecule has 0 saturated carbocycles. The number of benzene rings is 2. The van der Waals surface area contributed by atoms with Crippen LogP contribution < -0.4 is 9.47 Å². The first-order valence-corrected chi connectivity index (χ1v) is 8.81. The van der Waals surface area contributed by atoms with Crippen molar-refractivity contribution in [3.63, 3.8) is 0 Å². The van der Waals surface area contributed by atoms with Gasteiger partial charge in [-0.3, -0.25) is 4.79 Å². The standard InChI is InChI=1S/C21H26ClNO3/c1-14-11-18(25-5)19(26-6)12-15(14)13-23(4)20(24)21(2,3)16-7-9-17(22)10-8-16/h7-12H,13H2,1-6H3. The summed E-state index contributed by atoms with van der Waals surface area (Å²) in [5.74, 6) is 1.38. The maximum absolute atomic E-state index is 13.1. The molecule has 0 aliphatic carbocycles. The van der Waals surface area contributed by atoms with Gasteiger partial charge in [-0.1, -0.05) is 23.7 Å². The van der Waals surface area contributed by atoms with Gasteiger partial charge < -0.3 is 14.4 Å². The molecule has 2 aromatic carbocycles. The topological polar surface area (TPSA) is 38.8 Å². The molecule has 0 atom stereocenters. The lowest BCUT2D eigenvalue weighted by Crippen LogP contribution is -2.41. The van der Waals surface area contributed by atoms with E-state index in [1.165, 1.54) is 0 Å². The van der Waals surface area contributed by atoms with Crippen LogP contribution in [0.25, 0.3) is 0 Å². The highest BCUT2D eigenvalue weighted by atomic mass is 35.5. The third kappa shape index (κ3) is 4.13. The molecule has 0 N–H and O–H groups in total. The predicted octanol–water partition coefficient (Wildman–Crippen LogP) is 4.60. The Labute approximate surface area is 160 Å². The molecule has 0 saturated heterocycles. The average Bonchev–Trinajstić information content (AvgIpc) is 2.62. The Morgan fingerprint density at radius 1 is 1.08 bits per heavy atom. The zero-order chi connectivity index (χ0) is 19.5. The number of carbonyl (C=O) groups excluding carboxylic acids is 1.